The highest BCUT2D eigenvalue weighted by Crippen LogP contribution is 1.91. The molecule has 4 N–H and O–H groups in total. The van der Waals surface area contributed by atoms with Gasteiger partial charge in [-0.05, 0) is 26.7 Å². The maximum absolute atomic E-state index is 11.8. The Morgan fingerprint density at radius 1 is 0.322 bits per heavy atom. The number of hydrogen-bond donors (Lipinski definition) is 4. The number of nitrogens with one attached hydrogen (secondary N) is 4. The van der Waals surface area contributed by atoms with Crippen LogP contribution in [0.5, 0.6) is 0 Å². The van der Waals surface area contributed by atoms with E-state index in [0.717, 1.165) is 0 Å². The number of rotatable bonds is 46. The van der Waals surface area contributed by atoms with E-state index in [1.54, 1.807) is 13.8 Å². The molecule has 19 heteroatoms. The molecule has 0 aromatic heterocycles. The van der Waals surface area contributed by atoms with Crippen LogP contribution in [0.1, 0.15) is 39.5 Å². The standard InChI is InChI=1S/C40H74N4O15/c1-35(2)39(47)43-11-5-9-41-37(45)7-13-49-15-17-51-19-21-53-23-25-55-27-29-57-31-33-59-34-32-58-30-28-56-26-24-54-22-20-52-18-16-50-14-8-38(46)42-10-6-12-44-40(48)36(3)4/h1,3,5-34H2,2,4H3,(H,41,45)(H,42,46)(H,43,47)(H,44,48). The van der Waals surface area contributed by atoms with Gasteiger partial charge in [0.25, 0.3) is 0 Å². The Balaban J connectivity index is 3.18. The van der Waals surface area contributed by atoms with E-state index < -0.39 is 0 Å². The van der Waals surface area contributed by atoms with E-state index in [9.17, 15) is 19.2 Å². The maximum Gasteiger partial charge on any atom is 0.246 e. The van der Waals surface area contributed by atoms with Crippen molar-refractivity contribution in [2.45, 2.75) is 39.5 Å². The molecule has 0 rings (SSSR count). The summed E-state index contributed by atoms with van der Waals surface area (Å²) in [4.78, 5) is 46.3. The number of amides is 4. The van der Waals surface area contributed by atoms with Gasteiger partial charge in [-0.1, -0.05) is 13.2 Å². The van der Waals surface area contributed by atoms with Gasteiger partial charge in [-0.2, -0.15) is 0 Å². The first-order valence-electron chi connectivity index (χ1n) is 20.5. The predicted molar refractivity (Wildman–Crippen MR) is 219 cm³/mol. The normalized spacial score (nSPS) is 11.0. The van der Waals surface area contributed by atoms with Crippen molar-refractivity contribution in [3.8, 4) is 0 Å². The second-order valence-corrected chi connectivity index (χ2v) is 12.7. The topological polar surface area (TPSA) is 218 Å². The van der Waals surface area contributed by atoms with E-state index in [-0.39, 0.29) is 36.5 Å². The van der Waals surface area contributed by atoms with Gasteiger partial charge in [0, 0.05) is 50.2 Å². The molecule has 4 amide bonds. The van der Waals surface area contributed by atoms with Crippen LogP contribution in [0, 0.1) is 0 Å². The third-order valence-electron chi connectivity index (χ3n) is 7.36. The van der Waals surface area contributed by atoms with Crippen molar-refractivity contribution in [1.29, 1.82) is 0 Å². The monoisotopic (exact) mass is 851 g/mol. The summed E-state index contributed by atoms with van der Waals surface area (Å²) >= 11 is 0. The molecule has 0 aliphatic heterocycles. The zero-order valence-corrected chi connectivity index (χ0v) is 35.8. The molecule has 0 fully saturated rings. The number of carbonyl (C=O) groups is 4. The Labute approximate surface area is 351 Å². The van der Waals surface area contributed by atoms with E-state index in [4.69, 9.17) is 52.1 Å². The molecule has 0 spiro atoms. The smallest absolute Gasteiger partial charge is 0.246 e. The quantitative estimate of drug-likeness (QED) is 0.0480. The molecule has 0 radical (unpaired) electrons. The summed E-state index contributed by atoms with van der Waals surface area (Å²) in [5.41, 5.74) is 0.919. The highest BCUT2D eigenvalue weighted by atomic mass is 16.6. The molecule has 0 aliphatic rings. The van der Waals surface area contributed by atoms with Gasteiger partial charge in [0.1, 0.15) is 0 Å². The molecule has 344 valence electrons. The highest BCUT2D eigenvalue weighted by Gasteiger charge is 2.04. The van der Waals surface area contributed by atoms with Crippen molar-refractivity contribution in [1.82, 2.24) is 21.3 Å². The molecular formula is C40H74N4O15. The molecule has 0 atom stereocenters. The van der Waals surface area contributed by atoms with Crippen LogP contribution < -0.4 is 21.3 Å². The molecule has 0 aromatic carbocycles. The molecule has 59 heavy (non-hydrogen) atoms. The van der Waals surface area contributed by atoms with Crippen molar-refractivity contribution in [3.63, 3.8) is 0 Å². The Morgan fingerprint density at radius 3 is 0.712 bits per heavy atom. The van der Waals surface area contributed by atoms with E-state index in [0.29, 0.717) is 196 Å². The Kier molecular flexibility index (Phi) is 42.2. The second-order valence-electron chi connectivity index (χ2n) is 12.7. The third kappa shape index (κ3) is 44.3. The van der Waals surface area contributed by atoms with Gasteiger partial charge < -0.3 is 73.4 Å². The van der Waals surface area contributed by atoms with Crippen LogP contribution in [0.25, 0.3) is 0 Å². The van der Waals surface area contributed by atoms with E-state index in [2.05, 4.69) is 34.4 Å². The van der Waals surface area contributed by atoms with Gasteiger partial charge in [-0.25, -0.2) is 0 Å². The fraction of sp³-hybridized carbons (Fsp3) is 0.800. The zero-order valence-electron chi connectivity index (χ0n) is 35.8. The molecular weight excluding hydrogens is 776 g/mol. The van der Waals surface area contributed by atoms with Crippen LogP contribution in [0.2, 0.25) is 0 Å². The molecule has 19 nitrogen and oxygen atoms in total. The minimum absolute atomic E-state index is 0.0962. The van der Waals surface area contributed by atoms with Crippen LogP contribution in [0.15, 0.2) is 24.3 Å². The first-order valence-corrected chi connectivity index (χ1v) is 20.5. The average molecular weight is 851 g/mol. The average Bonchev–Trinajstić information content (AvgIpc) is 3.21. The lowest BCUT2D eigenvalue weighted by atomic mass is 10.3. The van der Waals surface area contributed by atoms with Crippen LogP contribution in [-0.4, -0.2) is 195 Å². The third-order valence-corrected chi connectivity index (χ3v) is 7.36. The van der Waals surface area contributed by atoms with Crippen molar-refractivity contribution in [2.24, 2.45) is 0 Å². The molecule has 0 aliphatic carbocycles. The Hall–Kier alpha value is -3.08. The van der Waals surface area contributed by atoms with Gasteiger partial charge in [0.15, 0.2) is 0 Å². The van der Waals surface area contributed by atoms with E-state index in [1.807, 2.05) is 0 Å². The lowest BCUT2D eigenvalue weighted by molar-refractivity contribution is -0.123. The van der Waals surface area contributed by atoms with Gasteiger partial charge in [0.05, 0.1) is 145 Å². The highest BCUT2D eigenvalue weighted by molar-refractivity contribution is 5.92. The number of hydrogen-bond acceptors (Lipinski definition) is 15. The van der Waals surface area contributed by atoms with Gasteiger partial charge >= 0.3 is 0 Å². The SMILES string of the molecule is C=C(C)C(=O)NCCCNC(=O)CCOCCOCCOCCOCCOCCOCCOCCOCCOCCOCCOCCC(=O)NCCCNC(=O)C(=C)C. The zero-order chi connectivity index (χ0) is 43.3. The molecule has 0 unspecified atom stereocenters. The van der Waals surface area contributed by atoms with Gasteiger partial charge in [-0.15, -0.1) is 0 Å². The molecule has 0 aromatic rings. The second kappa shape index (κ2) is 44.5. The summed E-state index contributed by atoms with van der Waals surface area (Å²) in [6.45, 7) is 22.0. The van der Waals surface area contributed by atoms with E-state index in [1.165, 1.54) is 0 Å². The fourth-order valence-electron chi connectivity index (χ4n) is 4.15. The fourth-order valence-corrected chi connectivity index (χ4v) is 4.15. The van der Waals surface area contributed by atoms with Crippen LogP contribution in [0.4, 0.5) is 0 Å². The van der Waals surface area contributed by atoms with Crippen LogP contribution in [-0.2, 0) is 71.3 Å². The van der Waals surface area contributed by atoms with Gasteiger partial charge in [-0.3, -0.25) is 19.2 Å². The molecule has 0 heterocycles. The Bertz CT molecular complexity index is 991. The summed E-state index contributed by atoms with van der Waals surface area (Å²) < 4.78 is 60.0. The van der Waals surface area contributed by atoms with Crippen molar-refractivity contribution in [2.75, 3.05) is 172 Å². The number of ether oxygens (including phenoxy) is 11. The Morgan fingerprint density at radius 2 is 0.508 bits per heavy atom. The maximum atomic E-state index is 11.8. The summed E-state index contributed by atoms with van der Waals surface area (Å²) in [6.07, 6.45) is 1.83. The summed E-state index contributed by atoms with van der Waals surface area (Å²) in [7, 11) is 0. The summed E-state index contributed by atoms with van der Waals surface area (Å²) in [5.74, 6) is -0.553. The molecule has 0 saturated carbocycles. The van der Waals surface area contributed by atoms with E-state index >= 15 is 0 Å². The first kappa shape index (κ1) is 55.9. The number of carbonyl (C=O) groups excluding carboxylic acids is 4. The molecule has 0 bridgehead atoms. The van der Waals surface area contributed by atoms with Crippen molar-refractivity contribution < 1.29 is 71.3 Å². The largest absolute Gasteiger partial charge is 0.379 e. The van der Waals surface area contributed by atoms with Crippen molar-refractivity contribution >= 4 is 23.6 Å². The molecule has 0 saturated heterocycles. The lowest BCUT2D eigenvalue weighted by Gasteiger charge is -2.09. The predicted octanol–water partition coefficient (Wildman–Crippen LogP) is 0.346. The van der Waals surface area contributed by atoms with Crippen LogP contribution in [0.3, 0.4) is 0 Å². The first-order chi connectivity index (χ1) is 28.7. The minimum Gasteiger partial charge on any atom is -0.379 e. The minimum atomic E-state index is -0.180. The van der Waals surface area contributed by atoms with Crippen LogP contribution >= 0.6 is 0 Å². The lowest BCUT2D eigenvalue weighted by Crippen LogP contribution is -2.30. The summed E-state index contributed by atoms with van der Waals surface area (Å²) in [6, 6.07) is 0. The van der Waals surface area contributed by atoms with Crippen molar-refractivity contribution in [3.05, 3.63) is 24.3 Å². The summed E-state index contributed by atoms with van der Waals surface area (Å²) in [5, 5.41) is 11.0. The van der Waals surface area contributed by atoms with Gasteiger partial charge in [0.2, 0.25) is 23.6 Å².